The Bertz CT molecular complexity index is 702. The quantitative estimate of drug-likeness (QED) is 0.813. The summed E-state index contributed by atoms with van der Waals surface area (Å²) in [4.78, 5) is 23.5. The number of hydrogen-bond acceptors (Lipinski definition) is 5. The van der Waals surface area contributed by atoms with Crippen LogP contribution in [-0.4, -0.2) is 26.9 Å². The Balaban J connectivity index is 2.01. The van der Waals surface area contributed by atoms with Crippen LogP contribution in [-0.2, 0) is 24.8 Å². The van der Waals surface area contributed by atoms with Crippen molar-refractivity contribution < 1.29 is 9.53 Å². The number of nitrogens with two attached hydrogens (primary N) is 1. The number of rotatable bonds is 5. The van der Waals surface area contributed by atoms with Crippen molar-refractivity contribution in [1.29, 1.82) is 0 Å². The van der Waals surface area contributed by atoms with E-state index in [0.29, 0.717) is 24.3 Å². The minimum Gasteiger partial charge on any atom is -0.459 e. The molecule has 0 saturated carbocycles. The second-order valence-electron chi connectivity index (χ2n) is 4.55. The number of nitrogens with zero attached hydrogens (tertiary/aromatic N) is 3. The zero-order chi connectivity index (χ0) is 15.4. The molecule has 21 heavy (non-hydrogen) atoms. The van der Waals surface area contributed by atoms with E-state index in [9.17, 15) is 9.59 Å². The van der Waals surface area contributed by atoms with Crippen LogP contribution in [0.5, 0.6) is 0 Å². The lowest BCUT2D eigenvalue weighted by Gasteiger charge is -2.07. The molecule has 2 N–H and O–H groups in total. The van der Waals surface area contributed by atoms with Crippen LogP contribution in [0, 0.1) is 0 Å². The van der Waals surface area contributed by atoms with Gasteiger partial charge in [0.2, 0.25) is 0 Å². The predicted octanol–water partition coefficient (Wildman–Crippen LogP) is 0.583. The fourth-order valence-corrected chi connectivity index (χ4v) is 2.05. The number of aromatic nitrogens is 3. The molecule has 2 rings (SSSR count). The van der Waals surface area contributed by atoms with E-state index in [1.165, 1.54) is 15.3 Å². The van der Waals surface area contributed by atoms with Gasteiger partial charge in [0.15, 0.2) is 5.69 Å². The van der Waals surface area contributed by atoms with E-state index in [0.717, 1.165) is 0 Å². The molecule has 0 fully saturated rings. The molecule has 0 aliphatic heterocycles. The van der Waals surface area contributed by atoms with Gasteiger partial charge in [-0.05, 0) is 12.5 Å². The summed E-state index contributed by atoms with van der Waals surface area (Å²) >= 11 is 0. The van der Waals surface area contributed by atoms with Gasteiger partial charge in [0.05, 0.1) is 17.9 Å². The lowest BCUT2D eigenvalue weighted by atomic mass is 10.2. The number of ether oxygens (including phenoxy) is 1. The van der Waals surface area contributed by atoms with Gasteiger partial charge in [-0.2, -0.15) is 5.10 Å². The van der Waals surface area contributed by atoms with Crippen molar-refractivity contribution in [3.8, 4) is 0 Å². The van der Waals surface area contributed by atoms with E-state index in [1.54, 1.807) is 25.4 Å². The molecule has 0 aliphatic rings. The van der Waals surface area contributed by atoms with Crippen LogP contribution in [0.15, 0.2) is 29.2 Å². The summed E-state index contributed by atoms with van der Waals surface area (Å²) in [6.45, 7) is 2.30. The van der Waals surface area contributed by atoms with Crippen molar-refractivity contribution in [1.82, 2.24) is 14.3 Å². The number of nitrogen functional groups attached to an aromatic ring is 1. The van der Waals surface area contributed by atoms with Crippen LogP contribution in [0.1, 0.15) is 23.1 Å². The molecule has 112 valence electrons. The van der Waals surface area contributed by atoms with Gasteiger partial charge < -0.3 is 15.0 Å². The third-order valence-corrected chi connectivity index (χ3v) is 3.15. The predicted molar refractivity (Wildman–Crippen MR) is 78.0 cm³/mol. The van der Waals surface area contributed by atoms with Crippen LogP contribution in [0.25, 0.3) is 0 Å². The monoisotopic (exact) mass is 290 g/mol. The fourth-order valence-electron chi connectivity index (χ4n) is 2.05. The fraction of sp³-hybridized carbons (Fsp3) is 0.357. The van der Waals surface area contributed by atoms with Crippen molar-refractivity contribution in [2.45, 2.75) is 19.9 Å². The average Bonchev–Trinajstić information content (AvgIpc) is 2.75. The Morgan fingerprint density at radius 2 is 2.19 bits per heavy atom. The lowest BCUT2D eigenvalue weighted by molar-refractivity contribution is 0.0479. The van der Waals surface area contributed by atoms with Gasteiger partial charge >= 0.3 is 5.97 Å². The molecule has 2 heterocycles. The summed E-state index contributed by atoms with van der Waals surface area (Å²) < 4.78 is 8.06. The van der Waals surface area contributed by atoms with Gasteiger partial charge in [-0.25, -0.2) is 4.79 Å². The van der Waals surface area contributed by atoms with Gasteiger partial charge in [0.1, 0.15) is 6.61 Å². The Kier molecular flexibility index (Phi) is 4.42. The average molecular weight is 290 g/mol. The Hall–Kier alpha value is -2.57. The topological polar surface area (TPSA) is 92.1 Å². The number of esters is 1. The van der Waals surface area contributed by atoms with Gasteiger partial charge in [0, 0.05) is 19.3 Å². The van der Waals surface area contributed by atoms with E-state index < -0.39 is 5.97 Å². The van der Waals surface area contributed by atoms with Crippen LogP contribution < -0.4 is 11.3 Å². The summed E-state index contributed by atoms with van der Waals surface area (Å²) in [6, 6.07) is 4.86. The summed E-state index contributed by atoms with van der Waals surface area (Å²) in [5.74, 6) is -0.536. The van der Waals surface area contributed by atoms with Gasteiger partial charge in [-0.1, -0.05) is 13.0 Å². The number of carbonyl (C=O) groups excluding carboxylic acids is 1. The van der Waals surface area contributed by atoms with Crippen molar-refractivity contribution >= 4 is 11.7 Å². The maximum absolute atomic E-state index is 12.0. The maximum atomic E-state index is 12.0. The first-order valence-electron chi connectivity index (χ1n) is 6.68. The van der Waals surface area contributed by atoms with Gasteiger partial charge in [-0.15, -0.1) is 0 Å². The highest BCUT2D eigenvalue weighted by atomic mass is 16.5. The normalized spacial score (nSPS) is 10.6. The highest BCUT2D eigenvalue weighted by Gasteiger charge is 2.20. The third-order valence-electron chi connectivity index (χ3n) is 3.15. The van der Waals surface area contributed by atoms with Crippen molar-refractivity contribution in [2.75, 3.05) is 12.3 Å². The second kappa shape index (κ2) is 6.25. The zero-order valence-corrected chi connectivity index (χ0v) is 12.1. The molecule has 0 aliphatic carbocycles. The highest BCUT2D eigenvalue weighted by Crippen LogP contribution is 2.17. The van der Waals surface area contributed by atoms with E-state index in [2.05, 4.69) is 5.10 Å². The van der Waals surface area contributed by atoms with Gasteiger partial charge in [0.25, 0.3) is 5.56 Å². The Morgan fingerprint density at radius 1 is 1.43 bits per heavy atom. The van der Waals surface area contributed by atoms with Crippen LogP contribution >= 0.6 is 0 Å². The number of aryl methyl sites for hydroxylation is 2. The first kappa shape index (κ1) is 14.8. The standard InChI is InChI=1S/C14H18N4O3/c1-3-10-12(15)13(17(2)16-10)14(20)21-9-8-18-7-5-4-6-11(18)19/h4-7H,3,8-9,15H2,1-2H3. The largest absolute Gasteiger partial charge is 0.459 e. The van der Waals surface area contributed by atoms with Crippen LogP contribution in [0.3, 0.4) is 0 Å². The highest BCUT2D eigenvalue weighted by molar-refractivity contribution is 5.93. The molecule has 7 heteroatoms. The number of hydrogen-bond donors (Lipinski definition) is 1. The number of anilines is 1. The van der Waals surface area contributed by atoms with E-state index >= 15 is 0 Å². The molecule has 0 aromatic carbocycles. The summed E-state index contributed by atoms with van der Waals surface area (Å²) in [6.07, 6.45) is 2.29. The zero-order valence-electron chi connectivity index (χ0n) is 12.1. The molecule has 0 radical (unpaired) electrons. The summed E-state index contributed by atoms with van der Waals surface area (Å²) in [5, 5.41) is 4.17. The van der Waals surface area contributed by atoms with Gasteiger partial charge in [-0.3, -0.25) is 9.48 Å². The van der Waals surface area contributed by atoms with Crippen LogP contribution in [0.4, 0.5) is 5.69 Å². The molecule has 0 amide bonds. The molecule has 0 unspecified atom stereocenters. The van der Waals surface area contributed by atoms with E-state index in [1.807, 2.05) is 6.92 Å². The first-order chi connectivity index (χ1) is 10.0. The molecule has 0 atom stereocenters. The molecule has 7 nitrogen and oxygen atoms in total. The molecule has 0 bridgehead atoms. The van der Waals surface area contributed by atoms with E-state index in [-0.39, 0.29) is 17.9 Å². The minimum absolute atomic E-state index is 0.0921. The Labute approximate surface area is 121 Å². The maximum Gasteiger partial charge on any atom is 0.358 e. The van der Waals surface area contributed by atoms with Crippen molar-refractivity contribution in [3.05, 3.63) is 46.1 Å². The molecular weight excluding hydrogens is 272 g/mol. The van der Waals surface area contributed by atoms with Crippen LogP contribution in [0.2, 0.25) is 0 Å². The van der Waals surface area contributed by atoms with Crippen molar-refractivity contribution in [2.24, 2.45) is 7.05 Å². The molecular formula is C14H18N4O3. The Morgan fingerprint density at radius 3 is 2.81 bits per heavy atom. The molecule has 0 saturated heterocycles. The second-order valence-corrected chi connectivity index (χ2v) is 4.55. The smallest absolute Gasteiger partial charge is 0.358 e. The molecule has 0 spiro atoms. The SMILES string of the molecule is CCc1nn(C)c(C(=O)OCCn2ccccc2=O)c1N. The minimum atomic E-state index is -0.536. The van der Waals surface area contributed by atoms with Crippen molar-refractivity contribution in [3.63, 3.8) is 0 Å². The number of pyridine rings is 1. The lowest BCUT2D eigenvalue weighted by Crippen LogP contribution is -2.22. The summed E-state index contributed by atoms with van der Waals surface area (Å²) in [7, 11) is 1.65. The molecule has 2 aromatic heterocycles. The first-order valence-corrected chi connectivity index (χ1v) is 6.68. The number of carbonyl (C=O) groups is 1. The van der Waals surface area contributed by atoms with E-state index in [4.69, 9.17) is 10.5 Å². The summed E-state index contributed by atoms with van der Waals surface area (Å²) in [5.41, 5.74) is 7.01. The molecule has 2 aromatic rings. The third kappa shape index (κ3) is 3.13.